The number of fused-ring (bicyclic) bond motifs is 1. The van der Waals surface area contributed by atoms with E-state index >= 15 is 0 Å². The molecule has 1 aliphatic rings. The van der Waals surface area contributed by atoms with Gasteiger partial charge in [0.15, 0.2) is 0 Å². The standard InChI is InChI=1S/C16H12ClFO/c1-10-8-15(11-2-4-12(17)5-3-11)19-16-9-13(18)6-7-14(10)16/h2-10H,1H3. The summed E-state index contributed by atoms with van der Waals surface area (Å²) in [5, 5.41) is 0.680. The van der Waals surface area contributed by atoms with Gasteiger partial charge in [0.25, 0.3) is 0 Å². The zero-order chi connectivity index (χ0) is 13.4. The van der Waals surface area contributed by atoms with Gasteiger partial charge in [-0.15, -0.1) is 0 Å². The summed E-state index contributed by atoms with van der Waals surface area (Å²) in [6, 6.07) is 12.1. The van der Waals surface area contributed by atoms with Crippen molar-refractivity contribution < 1.29 is 9.13 Å². The Hall–Kier alpha value is -1.80. The smallest absolute Gasteiger partial charge is 0.134 e. The van der Waals surface area contributed by atoms with Gasteiger partial charge in [-0.3, -0.25) is 0 Å². The van der Waals surface area contributed by atoms with Crippen molar-refractivity contribution in [2.45, 2.75) is 12.8 Å². The van der Waals surface area contributed by atoms with E-state index in [-0.39, 0.29) is 11.7 Å². The molecule has 2 aromatic carbocycles. The first kappa shape index (κ1) is 12.2. The van der Waals surface area contributed by atoms with E-state index in [1.807, 2.05) is 30.3 Å². The van der Waals surface area contributed by atoms with Gasteiger partial charge >= 0.3 is 0 Å². The number of allylic oxidation sites excluding steroid dienone is 1. The Morgan fingerprint density at radius 1 is 1.11 bits per heavy atom. The van der Waals surface area contributed by atoms with Gasteiger partial charge in [-0.05, 0) is 36.4 Å². The molecule has 0 bridgehead atoms. The third-order valence-electron chi connectivity index (χ3n) is 3.22. The van der Waals surface area contributed by atoms with Gasteiger partial charge in [0.2, 0.25) is 0 Å². The number of ether oxygens (including phenoxy) is 1. The van der Waals surface area contributed by atoms with Crippen LogP contribution in [-0.2, 0) is 0 Å². The van der Waals surface area contributed by atoms with Crippen molar-refractivity contribution in [2.24, 2.45) is 0 Å². The lowest BCUT2D eigenvalue weighted by atomic mass is 9.95. The van der Waals surface area contributed by atoms with Crippen molar-refractivity contribution in [2.75, 3.05) is 0 Å². The van der Waals surface area contributed by atoms with Crippen LogP contribution in [0.5, 0.6) is 5.75 Å². The SMILES string of the molecule is CC1C=C(c2ccc(Cl)cc2)Oc2cc(F)ccc21. The van der Waals surface area contributed by atoms with E-state index in [0.717, 1.165) is 16.9 Å². The lowest BCUT2D eigenvalue weighted by Crippen LogP contribution is -2.07. The van der Waals surface area contributed by atoms with E-state index in [9.17, 15) is 4.39 Å². The fourth-order valence-corrected chi connectivity index (χ4v) is 2.34. The van der Waals surface area contributed by atoms with E-state index in [4.69, 9.17) is 16.3 Å². The van der Waals surface area contributed by atoms with Crippen molar-refractivity contribution in [3.8, 4) is 5.75 Å². The lowest BCUT2D eigenvalue weighted by molar-refractivity contribution is 0.482. The molecule has 0 saturated carbocycles. The minimum absolute atomic E-state index is 0.190. The topological polar surface area (TPSA) is 9.23 Å². The van der Waals surface area contributed by atoms with Gasteiger partial charge in [0, 0.05) is 28.1 Å². The van der Waals surface area contributed by atoms with Crippen molar-refractivity contribution >= 4 is 17.4 Å². The van der Waals surface area contributed by atoms with Crippen LogP contribution in [0.15, 0.2) is 48.5 Å². The monoisotopic (exact) mass is 274 g/mol. The van der Waals surface area contributed by atoms with Crippen LogP contribution in [0.25, 0.3) is 5.76 Å². The summed E-state index contributed by atoms with van der Waals surface area (Å²) in [6.07, 6.45) is 2.03. The fourth-order valence-electron chi connectivity index (χ4n) is 2.21. The fraction of sp³-hybridized carbons (Fsp3) is 0.125. The average molecular weight is 275 g/mol. The maximum atomic E-state index is 13.3. The molecule has 0 radical (unpaired) electrons. The van der Waals surface area contributed by atoms with Crippen LogP contribution in [0.4, 0.5) is 4.39 Å². The van der Waals surface area contributed by atoms with Crippen molar-refractivity contribution in [3.05, 3.63) is 70.5 Å². The maximum Gasteiger partial charge on any atom is 0.134 e. The predicted octanol–water partition coefficient (Wildman–Crippen LogP) is 5.02. The van der Waals surface area contributed by atoms with E-state index in [1.165, 1.54) is 12.1 Å². The molecule has 0 saturated heterocycles. The zero-order valence-electron chi connectivity index (χ0n) is 10.4. The van der Waals surface area contributed by atoms with Crippen LogP contribution in [0.1, 0.15) is 24.0 Å². The summed E-state index contributed by atoms with van der Waals surface area (Å²) >= 11 is 5.87. The first-order valence-corrected chi connectivity index (χ1v) is 6.46. The first-order chi connectivity index (χ1) is 9.13. The molecule has 3 heteroatoms. The Bertz CT molecular complexity index is 646. The Morgan fingerprint density at radius 2 is 1.84 bits per heavy atom. The molecule has 19 heavy (non-hydrogen) atoms. The van der Waals surface area contributed by atoms with Gasteiger partial charge in [-0.1, -0.05) is 24.6 Å². The molecule has 0 spiro atoms. The minimum Gasteiger partial charge on any atom is -0.457 e. The molecule has 1 aliphatic heterocycles. The molecule has 1 heterocycles. The molecule has 1 nitrogen and oxygen atoms in total. The van der Waals surface area contributed by atoms with Gasteiger partial charge < -0.3 is 4.74 Å². The van der Waals surface area contributed by atoms with Gasteiger partial charge in [0.05, 0.1) is 0 Å². The Morgan fingerprint density at radius 3 is 2.58 bits per heavy atom. The number of halogens is 2. The quantitative estimate of drug-likeness (QED) is 0.710. The highest BCUT2D eigenvalue weighted by Gasteiger charge is 2.20. The molecule has 1 unspecified atom stereocenters. The lowest BCUT2D eigenvalue weighted by Gasteiger charge is -2.22. The molecule has 0 fully saturated rings. The van der Waals surface area contributed by atoms with E-state index < -0.39 is 0 Å². The van der Waals surface area contributed by atoms with E-state index in [2.05, 4.69) is 6.92 Å². The molecule has 0 amide bonds. The van der Waals surface area contributed by atoms with Crippen LogP contribution >= 0.6 is 11.6 Å². The third kappa shape index (κ3) is 2.36. The number of hydrogen-bond donors (Lipinski definition) is 0. The summed E-state index contributed by atoms with van der Waals surface area (Å²) in [5.74, 6) is 1.22. The second-order valence-electron chi connectivity index (χ2n) is 4.61. The molecule has 1 atom stereocenters. The second kappa shape index (κ2) is 4.71. The molecule has 0 aliphatic carbocycles. The first-order valence-electron chi connectivity index (χ1n) is 6.08. The number of rotatable bonds is 1. The highest BCUT2D eigenvalue weighted by atomic mass is 35.5. The summed E-state index contributed by atoms with van der Waals surface area (Å²) in [7, 11) is 0. The molecule has 96 valence electrons. The minimum atomic E-state index is -0.289. The molecule has 0 aromatic heterocycles. The molecule has 0 N–H and O–H groups in total. The van der Waals surface area contributed by atoms with Crippen LogP contribution in [0.3, 0.4) is 0 Å². The predicted molar refractivity (Wildman–Crippen MR) is 74.9 cm³/mol. The van der Waals surface area contributed by atoms with Crippen LogP contribution in [-0.4, -0.2) is 0 Å². The largest absolute Gasteiger partial charge is 0.457 e. The summed E-state index contributed by atoms with van der Waals surface area (Å²) in [6.45, 7) is 2.06. The molecule has 2 aromatic rings. The zero-order valence-corrected chi connectivity index (χ0v) is 11.1. The third-order valence-corrected chi connectivity index (χ3v) is 3.47. The highest BCUT2D eigenvalue weighted by molar-refractivity contribution is 6.30. The van der Waals surface area contributed by atoms with Crippen LogP contribution in [0.2, 0.25) is 5.02 Å². The summed E-state index contributed by atoms with van der Waals surface area (Å²) < 4.78 is 19.1. The second-order valence-corrected chi connectivity index (χ2v) is 5.05. The van der Waals surface area contributed by atoms with Crippen molar-refractivity contribution in [1.29, 1.82) is 0 Å². The summed E-state index contributed by atoms with van der Waals surface area (Å²) in [5.41, 5.74) is 1.94. The van der Waals surface area contributed by atoms with Crippen LogP contribution in [0, 0.1) is 5.82 Å². The Kier molecular flexibility index (Phi) is 3.03. The number of benzene rings is 2. The Balaban J connectivity index is 2.00. The average Bonchev–Trinajstić information content (AvgIpc) is 2.38. The van der Waals surface area contributed by atoms with Gasteiger partial charge in [-0.2, -0.15) is 0 Å². The molecular formula is C16H12ClFO. The van der Waals surface area contributed by atoms with E-state index in [0.29, 0.717) is 10.8 Å². The molecular weight excluding hydrogens is 263 g/mol. The number of hydrogen-bond acceptors (Lipinski definition) is 1. The molecule has 3 rings (SSSR count). The van der Waals surface area contributed by atoms with Gasteiger partial charge in [-0.25, -0.2) is 4.39 Å². The summed E-state index contributed by atoms with van der Waals surface area (Å²) in [4.78, 5) is 0. The normalized spacial score (nSPS) is 17.4. The highest BCUT2D eigenvalue weighted by Crippen LogP contribution is 2.37. The van der Waals surface area contributed by atoms with Crippen molar-refractivity contribution in [1.82, 2.24) is 0 Å². The Labute approximate surface area is 116 Å². The van der Waals surface area contributed by atoms with E-state index in [1.54, 1.807) is 6.07 Å². The maximum absolute atomic E-state index is 13.3. The van der Waals surface area contributed by atoms with Crippen molar-refractivity contribution in [3.63, 3.8) is 0 Å². The van der Waals surface area contributed by atoms with Gasteiger partial charge in [0.1, 0.15) is 17.3 Å². The van der Waals surface area contributed by atoms with Crippen LogP contribution < -0.4 is 4.74 Å².